The monoisotopic (exact) mass is 775 g/mol. The molecule has 3 aromatic heterocycles. The fourth-order valence-corrected chi connectivity index (χ4v) is 7.01. The van der Waals surface area contributed by atoms with Crippen molar-refractivity contribution in [2.75, 3.05) is 0 Å². The fourth-order valence-electron chi connectivity index (χ4n) is 5.41. The minimum Gasteiger partial charge on any atom is -0.631 e. The maximum Gasteiger partial charge on any atom is 0.497 e. The van der Waals surface area contributed by atoms with Crippen LogP contribution in [-0.4, -0.2) is 50.9 Å². The number of carbonyl (C=O) groups excluding carboxylic acids is 1. The molecule has 10 nitrogen and oxygen atoms in total. The molecule has 3 heterocycles. The largest absolute Gasteiger partial charge is 0.631 e. The number of nitrogens with zero attached hydrogens (tertiary/aromatic N) is 6. The molecule has 268 valence electrons. The van der Waals surface area contributed by atoms with Crippen molar-refractivity contribution in [2.45, 2.75) is 78.9 Å². The molecule has 0 aliphatic heterocycles. The van der Waals surface area contributed by atoms with Gasteiger partial charge in [-0.05, 0) is 142 Å². The topological polar surface area (TPSA) is 93.2 Å². The fraction of sp³-hybridized carbons (Fsp3) is 0.343. The number of aromatic carboxylic acids is 1. The maximum absolute atomic E-state index is 14.0. The second kappa shape index (κ2) is 15.2. The van der Waals surface area contributed by atoms with E-state index < -0.39 is 18.7 Å². The first kappa shape index (κ1) is 40.7. The molecule has 0 unspecified atom stereocenters. The number of hydrogen-bond acceptors (Lipinski definition) is 6. The van der Waals surface area contributed by atoms with Gasteiger partial charge in [-0.3, -0.25) is 4.79 Å². The molecule has 0 spiro atoms. The van der Waals surface area contributed by atoms with Crippen LogP contribution in [0.4, 0.5) is 0 Å². The first-order valence-corrected chi connectivity index (χ1v) is 17.1. The number of hydrogen-bond donors (Lipinski definition) is 1. The Balaban J connectivity index is 0.000000588. The average molecular weight is 776 g/mol. The Labute approximate surface area is 319 Å². The van der Waals surface area contributed by atoms with Crippen LogP contribution in [-0.2, 0) is 38.3 Å². The third kappa shape index (κ3) is 8.24. The van der Waals surface area contributed by atoms with Crippen molar-refractivity contribution in [3.8, 4) is 0 Å². The molecule has 0 radical (unpaired) electrons. The molecule has 0 aliphatic rings. The summed E-state index contributed by atoms with van der Waals surface area (Å²) in [6.07, 6.45) is 11.3. The van der Waals surface area contributed by atoms with Crippen LogP contribution in [0.2, 0.25) is 0 Å². The van der Waals surface area contributed by atoms with Crippen molar-refractivity contribution in [1.29, 1.82) is 0 Å². The van der Waals surface area contributed by atoms with E-state index in [1.807, 2.05) is 70.4 Å². The van der Waals surface area contributed by atoms with Gasteiger partial charge >= 0.3 is 12.7 Å². The molecular formula is C35H44BFeN6O4S3-. The van der Waals surface area contributed by atoms with Gasteiger partial charge in [0, 0.05) is 52.3 Å². The van der Waals surface area contributed by atoms with E-state index in [0.29, 0.717) is 25.4 Å². The van der Waals surface area contributed by atoms with Crippen molar-refractivity contribution in [2.24, 2.45) is 0 Å². The standard InChI is InChI=1S/C28H38BN6O2S3.C7H6O2.Fe/c1-26(2,3)30-15-18-33(23(30)38)29(37-22(36)21-13-11-10-12-14-21,34-19-16-31(24(34)39)27(4,5)6)35-20-17-32(25(35)40)28(7,8)9;8-7(9)6-4-2-1-3-5-6;/h10-20H,1-9H3;1-5H,(H,8,9);/q-1;;. The summed E-state index contributed by atoms with van der Waals surface area (Å²) in [5.41, 5.74) is -0.252. The summed E-state index contributed by atoms with van der Waals surface area (Å²) in [6, 6.07) is 17.2. The SMILES string of the molecule is CC(C)(C)n1ccn([B-](OC(=O)c2ccccc2)(n2ccn(C(C)(C)C)c2=S)n2ccn(C(C)(C)C)c2=S)c1=S.O=C(O)c1ccccc1.[Fe]. The maximum atomic E-state index is 14.0. The zero-order valence-corrected chi connectivity index (χ0v) is 33.3. The van der Waals surface area contributed by atoms with Crippen LogP contribution in [0.5, 0.6) is 0 Å². The van der Waals surface area contributed by atoms with Crippen molar-refractivity contribution >= 4 is 55.3 Å². The zero-order chi connectivity index (χ0) is 36.5. The molecule has 0 fully saturated rings. The molecule has 0 atom stereocenters. The van der Waals surface area contributed by atoms with Crippen LogP contribution < -0.4 is 0 Å². The number of carboxylic acid groups (broad SMARTS) is 1. The molecule has 50 heavy (non-hydrogen) atoms. The van der Waals surface area contributed by atoms with Crippen molar-refractivity contribution in [3.63, 3.8) is 0 Å². The first-order valence-electron chi connectivity index (χ1n) is 15.8. The molecule has 2 aromatic carbocycles. The number of aromatic nitrogens is 6. The summed E-state index contributed by atoms with van der Waals surface area (Å²) in [4.78, 5) is 24.2. The van der Waals surface area contributed by atoms with Gasteiger partial charge in [0.1, 0.15) is 14.3 Å². The van der Waals surface area contributed by atoms with Gasteiger partial charge in [0.25, 0.3) is 5.97 Å². The van der Waals surface area contributed by atoms with Crippen LogP contribution in [0.15, 0.2) is 97.8 Å². The second-order valence-electron chi connectivity index (χ2n) is 14.7. The van der Waals surface area contributed by atoms with Gasteiger partial charge < -0.3 is 36.9 Å². The van der Waals surface area contributed by atoms with Gasteiger partial charge in [-0.25, -0.2) is 4.79 Å². The van der Waals surface area contributed by atoms with Crippen LogP contribution in [0, 0.1) is 14.3 Å². The molecule has 5 aromatic rings. The Kier molecular flexibility index (Phi) is 12.4. The van der Waals surface area contributed by atoms with E-state index in [2.05, 4.69) is 62.3 Å². The van der Waals surface area contributed by atoms with E-state index in [1.165, 1.54) is 0 Å². The average Bonchev–Trinajstić information content (AvgIpc) is 3.73. The van der Waals surface area contributed by atoms with Crippen molar-refractivity contribution in [1.82, 2.24) is 27.1 Å². The van der Waals surface area contributed by atoms with E-state index in [4.69, 9.17) is 46.4 Å². The quantitative estimate of drug-likeness (QED) is 0.137. The van der Waals surface area contributed by atoms with Crippen LogP contribution in [0.1, 0.15) is 83.0 Å². The Hall–Kier alpha value is -3.75. The Bertz CT molecular complexity index is 1970. The summed E-state index contributed by atoms with van der Waals surface area (Å²) in [7, 11) is 0. The minimum absolute atomic E-state index is 0. The van der Waals surface area contributed by atoms with Gasteiger partial charge in [0.05, 0.1) is 11.1 Å². The predicted octanol–water partition coefficient (Wildman–Crippen LogP) is 8.57. The summed E-state index contributed by atoms with van der Waals surface area (Å²) in [5.74, 6) is -1.41. The predicted molar refractivity (Wildman–Crippen MR) is 202 cm³/mol. The number of benzene rings is 2. The van der Waals surface area contributed by atoms with Gasteiger partial charge in [0.2, 0.25) is 0 Å². The molecule has 5 rings (SSSR count). The number of imidazole rings is 3. The molecule has 1 N–H and O–H groups in total. The zero-order valence-electron chi connectivity index (χ0n) is 29.7. The Morgan fingerprint density at radius 1 is 0.560 bits per heavy atom. The van der Waals surface area contributed by atoms with Gasteiger partial charge in [-0.1, -0.05) is 36.4 Å². The summed E-state index contributed by atoms with van der Waals surface area (Å²) in [5, 5.41) is 8.38. The van der Waals surface area contributed by atoms with Crippen LogP contribution in [0.3, 0.4) is 0 Å². The first-order chi connectivity index (χ1) is 22.7. The number of carbonyl (C=O) groups is 2. The molecule has 0 saturated carbocycles. The van der Waals surface area contributed by atoms with E-state index in [-0.39, 0.29) is 33.7 Å². The van der Waals surface area contributed by atoms with E-state index in [0.717, 1.165) is 0 Å². The second-order valence-corrected chi connectivity index (χ2v) is 15.8. The smallest absolute Gasteiger partial charge is 0.497 e. The number of carboxylic acids is 1. The van der Waals surface area contributed by atoms with E-state index in [9.17, 15) is 9.59 Å². The van der Waals surface area contributed by atoms with Gasteiger partial charge in [-0.15, -0.1) is 0 Å². The Morgan fingerprint density at radius 3 is 1.10 bits per heavy atom. The third-order valence-electron chi connectivity index (χ3n) is 7.96. The van der Waals surface area contributed by atoms with Crippen LogP contribution >= 0.6 is 36.7 Å². The van der Waals surface area contributed by atoms with E-state index >= 15 is 0 Å². The Morgan fingerprint density at radius 2 is 0.860 bits per heavy atom. The molecule has 0 saturated heterocycles. The number of rotatable bonds is 6. The normalized spacial score (nSPS) is 12.0. The van der Waals surface area contributed by atoms with Crippen molar-refractivity contribution in [3.05, 3.63) is 123 Å². The van der Waals surface area contributed by atoms with Crippen LogP contribution in [0.25, 0.3) is 0 Å². The third-order valence-corrected chi connectivity index (χ3v) is 9.18. The van der Waals surface area contributed by atoms with Gasteiger partial charge in [-0.2, -0.15) is 0 Å². The summed E-state index contributed by atoms with van der Waals surface area (Å²) >= 11 is 18.2. The van der Waals surface area contributed by atoms with Gasteiger partial charge in [0.15, 0.2) is 0 Å². The summed E-state index contributed by atoms with van der Waals surface area (Å²) in [6.45, 7) is 15.9. The summed E-state index contributed by atoms with van der Waals surface area (Å²) < 4.78 is 19.4. The molecule has 0 aliphatic carbocycles. The minimum atomic E-state index is -2.73. The molecule has 0 amide bonds. The van der Waals surface area contributed by atoms with E-state index in [1.54, 1.807) is 54.6 Å². The molecular weight excluding hydrogens is 731 g/mol. The van der Waals surface area contributed by atoms with Crippen molar-refractivity contribution < 1.29 is 36.4 Å². The molecule has 15 heteroatoms. The molecule has 0 bridgehead atoms.